The second kappa shape index (κ2) is 8.55. The molecule has 0 bridgehead atoms. The SMILES string of the molecule is O=C(NCc1ccnc(N2CCCCC2)n1)c1ccc2noc(-c3ccccc3)c2c1. The molecule has 156 valence electrons. The standard InChI is InChI=1S/C24H23N5O2/c30-23(26-16-19-11-12-25-24(27-19)29-13-5-2-6-14-29)18-9-10-21-20(15-18)22(31-28-21)17-7-3-1-4-8-17/h1,3-4,7-12,15H,2,5-6,13-14,16H2,(H,26,30). The highest BCUT2D eigenvalue weighted by Gasteiger charge is 2.16. The van der Waals surface area contributed by atoms with Gasteiger partial charge >= 0.3 is 0 Å². The summed E-state index contributed by atoms with van der Waals surface area (Å²) in [5.41, 5.74) is 2.99. The molecule has 1 amide bonds. The van der Waals surface area contributed by atoms with Crippen molar-refractivity contribution in [3.05, 3.63) is 72.1 Å². The number of rotatable bonds is 5. The summed E-state index contributed by atoms with van der Waals surface area (Å²) in [6, 6.07) is 17.0. The largest absolute Gasteiger partial charge is 0.355 e. The molecule has 1 aliphatic heterocycles. The Hall–Kier alpha value is -3.74. The summed E-state index contributed by atoms with van der Waals surface area (Å²) in [4.78, 5) is 24.0. The minimum absolute atomic E-state index is 0.166. The second-order valence-electron chi connectivity index (χ2n) is 7.69. The van der Waals surface area contributed by atoms with Crippen molar-refractivity contribution >= 4 is 22.8 Å². The smallest absolute Gasteiger partial charge is 0.251 e. The Bertz CT molecular complexity index is 1200. The van der Waals surface area contributed by atoms with Crippen LogP contribution < -0.4 is 10.2 Å². The molecule has 2 aromatic carbocycles. The van der Waals surface area contributed by atoms with Crippen molar-refractivity contribution in [2.24, 2.45) is 0 Å². The first-order chi connectivity index (χ1) is 15.3. The molecule has 1 fully saturated rings. The average molecular weight is 413 g/mol. The zero-order valence-electron chi connectivity index (χ0n) is 17.1. The maximum Gasteiger partial charge on any atom is 0.251 e. The Morgan fingerprint density at radius 1 is 1.03 bits per heavy atom. The molecule has 0 unspecified atom stereocenters. The number of fused-ring (bicyclic) bond motifs is 1. The Kier molecular flexibility index (Phi) is 5.31. The quantitative estimate of drug-likeness (QED) is 0.528. The van der Waals surface area contributed by atoms with E-state index in [9.17, 15) is 4.79 Å². The lowest BCUT2D eigenvalue weighted by molar-refractivity contribution is 0.0950. The minimum atomic E-state index is -0.166. The molecule has 1 N–H and O–H groups in total. The normalized spacial score (nSPS) is 14.0. The number of anilines is 1. The van der Waals surface area contributed by atoms with Gasteiger partial charge < -0.3 is 14.7 Å². The molecule has 3 heterocycles. The number of benzene rings is 2. The van der Waals surface area contributed by atoms with Gasteiger partial charge in [0.05, 0.1) is 17.6 Å². The summed E-state index contributed by atoms with van der Waals surface area (Å²) in [6.07, 6.45) is 5.35. The predicted octanol–water partition coefficient (Wildman–Crippen LogP) is 4.21. The van der Waals surface area contributed by atoms with Crippen molar-refractivity contribution in [2.75, 3.05) is 18.0 Å². The van der Waals surface area contributed by atoms with Crippen molar-refractivity contribution < 1.29 is 9.32 Å². The highest BCUT2D eigenvalue weighted by atomic mass is 16.5. The van der Waals surface area contributed by atoms with Gasteiger partial charge in [-0.25, -0.2) is 9.97 Å². The summed E-state index contributed by atoms with van der Waals surface area (Å²) in [6.45, 7) is 2.31. The Balaban J connectivity index is 1.32. The second-order valence-corrected chi connectivity index (χ2v) is 7.69. The van der Waals surface area contributed by atoms with Gasteiger partial charge in [-0.05, 0) is 43.5 Å². The van der Waals surface area contributed by atoms with Crippen molar-refractivity contribution in [1.29, 1.82) is 0 Å². The Morgan fingerprint density at radius 3 is 2.71 bits per heavy atom. The number of nitrogens with one attached hydrogen (secondary N) is 1. The zero-order valence-corrected chi connectivity index (χ0v) is 17.1. The van der Waals surface area contributed by atoms with Crippen LogP contribution in [0.4, 0.5) is 5.95 Å². The first-order valence-electron chi connectivity index (χ1n) is 10.6. The number of carbonyl (C=O) groups is 1. The third-order valence-corrected chi connectivity index (χ3v) is 5.54. The van der Waals surface area contributed by atoms with Gasteiger partial charge in [0, 0.05) is 30.4 Å². The fourth-order valence-electron chi connectivity index (χ4n) is 3.88. The number of nitrogens with zero attached hydrogens (tertiary/aromatic N) is 4. The number of piperidine rings is 1. The molecule has 0 aliphatic carbocycles. The van der Waals surface area contributed by atoms with Crippen molar-refractivity contribution in [1.82, 2.24) is 20.4 Å². The topological polar surface area (TPSA) is 84.2 Å². The monoisotopic (exact) mass is 413 g/mol. The molecule has 5 rings (SSSR count). The van der Waals surface area contributed by atoms with E-state index in [0.717, 1.165) is 41.2 Å². The number of amides is 1. The maximum absolute atomic E-state index is 12.8. The molecule has 1 saturated heterocycles. The van der Waals surface area contributed by atoms with Gasteiger partial charge in [-0.2, -0.15) is 0 Å². The number of aromatic nitrogens is 3. The van der Waals surface area contributed by atoms with Gasteiger partial charge in [-0.15, -0.1) is 0 Å². The van der Waals surface area contributed by atoms with E-state index < -0.39 is 0 Å². The first-order valence-corrected chi connectivity index (χ1v) is 10.6. The lowest BCUT2D eigenvalue weighted by atomic mass is 10.1. The summed E-state index contributed by atoms with van der Waals surface area (Å²) < 4.78 is 5.53. The lowest BCUT2D eigenvalue weighted by Crippen LogP contribution is -2.31. The Morgan fingerprint density at radius 2 is 1.87 bits per heavy atom. The minimum Gasteiger partial charge on any atom is -0.355 e. The molecule has 7 nitrogen and oxygen atoms in total. The molecule has 7 heteroatoms. The summed E-state index contributed by atoms with van der Waals surface area (Å²) in [5.74, 6) is 1.23. The van der Waals surface area contributed by atoms with E-state index in [-0.39, 0.29) is 5.91 Å². The van der Waals surface area contributed by atoms with Crippen LogP contribution in [0.2, 0.25) is 0 Å². The predicted molar refractivity (Wildman–Crippen MR) is 119 cm³/mol. The van der Waals surface area contributed by atoms with Crippen LogP contribution in [0.25, 0.3) is 22.2 Å². The molecular weight excluding hydrogens is 390 g/mol. The summed E-state index contributed by atoms with van der Waals surface area (Å²) >= 11 is 0. The van der Waals surface area contributed by atoms with E-state index in [1.54, 1.807) is 18.3 Å². The van der Waals surface area contributed by atoms with Crippen LogP contribution in [0, 0.1) is 0 Å². The average Bonchev–Trinajstić information content (AvgIpc) is 3.27. The molecule has 0 radical (unpaired) electrons. The van der Waals surface area contributed by atoms with Crippen LogP contribution in [0.5, 0.6) is 0 Å². The van der Waals surface area contributed by atoms with E-state index in [4.69, 9.17) is 4.52 Å². The molecule has 2 aromatic heterocycles. The van der Waals surface area contributed by atoms with Gasteiger partial charge in [0.15, 0.2) is 5.76 Å². The van der Waals surface area contributed by atoms with E-state index in [0.29, 0.717) is 17.9 Å². The highest BCUT2D eigenvalue weighted by molar-refractivity contribution is 6.00. The van der Waals surface area contributed by atoms with Crippen LogP contribution in [0.1, 0.15) is 35.3 Å². The fourth-order valence-corrected chi connectivity index (χ4v) is 3.88. The lowest BCUT2D eigenvalue weighted by Gasteiger charge is -2.26. The Labute approximate surface area is 180 Å². The third kappa shape index (κ3) is 4.12. The van der Waals surface area contributed by atoms with Crippen LogP contribution in [0.15, 0.2) is 65.3 Å². The molecular formula is C24H23N5O2. The van der Waals surface area contributed by atoms with Gasteiger partial charge in [-0.1, -0.05) is 35.5 Å². The van der Waals surface area contributed by atoms with E-state index >= 15 is 0 Å². The molecule has 0 atom stereocenters. The molecule has 0 spiro atoms. The molecule has 0 saturated carbocycles. The van der Waals surface area contributed by atoms with Gasteiger partial charge in [-0.3, -0.25) is 4.79 Å². The number of hydrogen-bond donors (Lipinski definition) is 1. The van der Waals surface area contributed by atoms with E-state index in [2.05, 4.69) is 25.3 Å². The zero-order chi connectivity index (χ0) is 21.0. The number of carbonyl (C=O) groups excluding carboxylic acids is 1. The van der Waals surface area contributed by atoms with E-state index in [1.165, 1.54) is 19.3 Å². The highest BCUT2D eigenvalue weighted by Crippen LogP contribution is 2.29. The van der Waals surface area contributed by atoms with Crippen LogP contribution in [-0.4, -0.2) is 34.1 Å². The maximum atomic E-state index is 12.8. The van der Waals surface area contributed by atoms with Crippen molar-refractivity contribution in [2.45, 2.75) is 25.8 Å². The van der Waals surface area contributed by atoms with Crippen LogP contribution >= 0.6 is 0 Å². The van der Waals surface area contributed by atoms with Gasteiger partial charge in [0.2, 0.25) is 5.95 Å². The fraction of sp³-hybridized carbons (Fsp3) is 0.250. The van der Waals surface area contributed by atoms with Gasteiger partial charge in [0.1, 0.15) is 5.52 Å². The van der Waals surface area contributed by atoms with Crippen LogP contribution in [-0.2, 0) is 6.54 Å². The van der Waals surface area contributed by atoms with E-state index in [1.807, 2.05) is 42.5 Å². The number of hydrogen-bond acceptors (Lipinski definition) is 6. The molecule has 1 aliphatic rings. The van der Waals surface area contributed by atoms with Crippen molar-refractivity contribution in [3.8, 4) is 11.3 Å². The van der Waals surface area contributed by atoms with Crippen molar-refractivity contribution in [3.63, 3.8) is 0 Å². The summed E-state index contributed by atoms with van der Waals surface area (Å²) in [7, 11) is 0. The third-order valence-electron chi connectivity index (χ3n) is 5.54. The molecule has 31 heavy (non-hydrogen) atoms. The molecule has 4 aromatic rings. The first kappa shape index (κ1) is 19.2. The van der Waals surface area contributed by atoms with Gasteiger partial charge in [0.25, 0.3) is 5.91 Å². The van der Waals surface area contributed by atoms with Crippen LogP contribution in [0.3, 0.4) is 0 Å². The summed E-state index contributed by atoms with van der Waals surface area (Å²) in [5, 5.41) is 7.89.